The SMILES string of the molecule is CSc1sc(C)c(C[P+](c2ccccc2)(c2ccccc2)c2ccccc2)c1C.[Br-]. The van der Waals surface area contributed by atoms with Gasteiger partial charge in [-0.2, -0.15) is 0 Å². The molecule has 0 unspecified atom stereocenters. The highest BCUT2D eigenvalue weighted by Crippen LogP contribution is 2.59. The normalized spacial score (nSPS) is 11.2. The van der Waals surface area contributed by atoms with E-state index in [4.69, 9.17) is 0 Å². The van der Waals surface area contributed by atoms with Gasteiger partial charge in [0, 0.05) is 10.4 Å². The Balaban J connectivity index is 0.00000256. The molecule has 4 aromatic rings. The van der Waals surface area contributed by atoms with Crippen LogP contribution in [0.2, 0.25) is 0 Å². The smallest absolute Gasteiger partial charge is 0.116 e. The lowest BCUT2D eigenvalue weighted by atomic mass is 10.2. The lowest BCUT2D eigenvalue weighted by Crippen LogP contribution is -3.00. The van der Waals surface area contributed by atoms with E-state index < -0.39 is 7.26 Å². The Morgan fingerprint density at radius 3 is 1.43 bits per heavy atom. The molecule has 0 saturated heterocycles. The largest absolute Gasteiger partial charge is 1.00 e. The van der Waals surface area contributed by atoms with Crippen LogP contribution >= 0.6 is 30.4 Å². The van der Waals surface area contributed by atoms with Gasteiger partial charge in [0.2, 0.25) is 0 Å². The van der Waals surface area contributed by atoms with Crippen LogP contribution in [0.5, 0.6) is 0 Å². The van der Waals surface area contributed by atoms with E-state index in [1.807, 2.05) is 23.1 Å². The molecule has 1 aromatic heterocycles. The molecule has 3 aromatic carbocycles. The fourth-order valence-electron chi connectivity index (χ4n) is 4.09. The van der Waals surface area contributed by atoms with Crippen LogP contribution in [0, 0.1) is 13.8 Å². The van der Waals surface area contributed by atoms with E-state index in [9.17, 15) is 0 Å². The predicted molar refractivity (Wildman–Crippen MR) is 134 cm³/mol. The number of thiophene rings is 1. The highest BCUT2D eigenvalue weighted by atomic mass is 79.9. The second kappa shape index (κ2) is 10.3. The summed E-state index contributed by atoms with van der Waals surface area (Å²) in [6.45, 7) is 4.60. The molecule has 0 aliphatic rings. The summed E-state index contributed by atoms with van der Waals surface area (Å²) in [6, 6.07) is 33.5. The summed E-state index contributed by atoms with van der Waals surface area (Å²) in [5, 5.41) is 4.36. The topological polar surface area (TPSA) is 0 Å². The molecule has 0 spiro atoms. The number of hydrogen-bond acceptors (Lipinski definition) is 2. The number of benzene rings is 3. The molecule has 4 heteroatoms. The van der Waals surface area contributed by atoms with Crippen molar-refractivity contribution in [2.75, 3.05) is 6.26 Å². The van der Waals surface area contributed by atoms with E-state index in [-0.39, 0.29) is 17.0 Å². The summed E-state index contributed by atoms with van der Waals surface area (Å²) >= 11 is 3.82. The van der Waals surface area contributed by atoms with Crippen LogP contribution in [0.1, 0.15) is 16.0 Å². The van der Waals surface area contributed by atoms with Gasteiger partial charge < -0.3 is 17.0 Å². The maximum absolute atomic E-state index is 2.33. The highest BCUT2D eigenvalue weighted by molar-refractivity contribution is 8.00. The fraction of sp³-hybridized carbons (Fsp3) is 0.154. The number of aryl methyl sites for hydroxylation is 1. The van der Waals surface area contributed by atoms with Crippen LogP contribution in [0.25, 0.3) is 0 Å². The van der Waals surface area contributed by atoms with Gasteiger partial charge in [0.1, 0.15) is 23.2 Å². The first-order valence-electron chi connectivity index (χ1n) is 9.84. The van der Waals surface area contributed by atoms with Gasteiger partial charge in [-0.15, -0.1) is 23.1 Å². The van der Waals surface area contributed by atoms with Gasteiger partial charge >= 0.3 is 0 Å². The quantitative estimate of drug-likeness (QED) is 0.281. The molecule has 0 radical (unpaired) electrons. The van der Waals surface area contributed by atoms with Crippen LogP contribution in [-0.4, -0.2) is 6.26 Å². The maximum atomic E-state index is 2.33. The fourth-order valence-corrected chi connectivity index (χ4v) is 10.7. The van der Waals surface area contributed by atoms with Crippen molar-refractivity contribution >= 4 is 46.3 Å². The van der Waals surface area contributed by atoms with Crippen LogP contribution in [0.15, 0.2) is 95.2 Å². The molecule has 0 aliphatic heterocycles. The van der Waals surface area contributed by atoms with Gasteiger partial charge in [0.25, 0.3) is 0 Å². The summed E-state index contributed by atoms with van der Waals surface area (Å²) in [7, 11) is -1.83. The average molecular weight is 514 g/mol. The standard InChI is InChI=1S/C26H26PS2.BrH/c1-20-25(21(2)29-26(20)28-3)19-27(22-13-7-4-8-14-22,23-15-9-5-10-16-23)24-17-11-6-12-18-24;/h4-18H,19H2,1-3H3;1H/q+1;/p-1. The first-order valence-corrected chi connectivity index (χ1v) is 13.9. The van der Waals surface area contributed by atoms with Crippen molar-refractivity contribution in [3.8, 4) is 0 Å². The van der Waals surface area contributed by atoms with E-state index in [1.165, 1.54) is 36.1 Å². The van der Waals surface area contributed by atoms with Crippen molar-refractivity contribution in [3.05, 3.63) is 107 Å². The average Bonchev–Trinajstić information content (AvgIpc) is 3.06. The van der Waals surface area contributed by atoms with Crippen molar-refractivity contribution in [2.24, 2.45) is 0 Å². The van der Waals surface area contributed by atoms with Crippen molar-refractivity contribution in [1.29, 1.82) is 0 Å². The second-order valence-electron chi connectivity index (χ2n) is 7.23. The van der Waals surface area contributed by atoms with Crippen LogP contribution in [0.4, 0.5) is 0 Å². The minimum Gasteiger partial charge on any atom is -1.00 e. The van der Waals surface area contributed by atoms with E-state index in [0.29, 0.717) is 0 Å². The third-order valence-corrected chi connectivity index (χ3v) is 12.4. The predicted octanol–water partition coefficient (Wildman–Crippen LogP) is 3.58. The Morgan fingerprint density at radius 2 is 1.10 bits per heavy atom. The van der Waals surface area contributed by atoms with Gasteiger partial charge in [-0.25, -0.2) is 0 Å². The maximum Gasteiger partial charge on any atom is 0.116 e. The van der Waals surface area contributed by atoms with Crippen molar-refractivity contribution in [3.63, 3.8) is 0 Å². The highest BCUT2D eigenvalue weighted by Gasteiger charge is 2.46. The summed E-state index contributed by atoms with van der Waals surface area (Å²) in [5.41, 5.74) is 3.00. The van der Waals surface area contributed by atoms with Gasteiger partial charge in [-0.05, 0) is 62.1 Å². The Labute approximate surface area is 199 Å². The van der Waals surface area contributed by atoms with Crippen molar-refractivity contribution in [1.82, 2.24) is 0 Å². The number of hydrogen-bond donors (Lipinski definition) is 0. The Morgan fingerprint density at radius 1 is 0.700 bits per heavy atom. The zero-order valence-electron chi connectivity index (χ0n) is 17.5. The van der Waals surface area contributed by atoms with Gasteiger partial charge in [0.15, 0.2) is 0 Å². The molecule has 0 saturated carbocycles. The molecule has 0 aliphatic carbocycles. The first-order chi connectivity index (χ1) is 14.2. The number of rotatable bonds is 6. The minimum atomic E-state index is -1.83. The molecule has 154 valence electrons. The van der Waals surface area contributed by atoms with Crippen LogP contribution in [-0.2, 0) is 6.16 Å². The third-order valence-electron chi connectivity index (χ3n) is 5.60. The zero-order valence-corrected chi connectivity index (χ0v) is 21.6. The van der Waals surface area contributed by atoms with E-state index in [0.717, 1.165) is 6.16 Å². The van der Waals surface area contributed by atoms with Crippen LogP contribution < -0.4 is 32.9 Å². The first kappa shape index (κ1) is 23.3. The van der Waals surface area contributed by atoms with Gasteiger partial charge in [0.05, 0.1) is 10.4 Å². The van der Waals surface area contributed by atoms with Crippen molar-refractivity contribution < 1.29 is 17.0 Å². The summed E-state index contributed by atoms with van der Waals surface area (Å²) in [6.07, 6.45) is 3.26. The molecule has 30 heavy (non-hydrogen) atoms. The molecular formula is C26H26BrPS2. The Bertz CT molecular complexity index is 980. The minimum absolute atomic E-state index is 0. The molecule has 0 nitrogen and oxygen atoms in total. The number of halogens is 1. The van der Waals surface area contributed by atoms with Gasteiger partial charge in [-0.3, -0.25) is 0 Å². The summed E-state index contributed by atoms with van der Waals surface area (Å²) in [4.78, 5) is 1.46. The third kappa shape index (κ3) is 4.32. The lowest BCUT2D eigenvalue weighted by Gasteiger charge is -2.28. The Kier molecular flexibility index (Phi) is 7.98. The molecule has 0 amide bonds. The molecule has 0 atom stereocenters. The molecular weight excluding hydrogens is 487 g/mol. The van der Waals surface area contributed by atoms with Crippen LogP contribution in [0.3, 0.4) is 0 Å². The zero-order chi connectivity index (χ0) is 20.3. The van der Waals surface area contributed by atoms with Crippen molar-refractivity contribution in [2.45, 2.75) is 24.2 Å². The van der Waals surface area contributed by atoms with E-state index >= 15 is 0 Å². The molecule has 4 rings (SSSR count). The van der Waals surface area contributed by atoms with Gasteiger partial charge in [-0.1, -0.05) is 54.6 Å². The Hall–Kier alpha value is -1.38. The molecule has 1 heterocycles. The molecule has 0 fully saturated rings. The summed E-state index contributed by atoms with van der Waals surface area (Å²) in [5.74, 6) is 0. The molecule has 0 N–H and O–H groups in total. The number of thioether (sulfide) groups is 1. The summed E-state index contributed by atoms with van der Waals surface area (Å²) < 4.78 is 1.45. The molecule has 0 bridgehead atoms. The lowest BCUT2D eigenvalue weighted by molar-refractivity contribution is -0.00000573. The monoisotopic (exact) mass is 512 g/mol. The van der Waals surface area contributed by atoms with E-state index in [2.05, 4.69) is 111 Å². The van der Waals surface area contributed by atoms with E-state index in [1.54, 1.807) is 0 Å². The second-order valence-corrected chi connectivity index (χ2v) is 13.0.